The predicted octanol–water partition coefficient (Wildman–Crippen LogP) is 4.08. The fourth-order valence-corrected chi connectivity index (χ4v) is 7.16. The van der Waals surface area contributed by atoms with Gasteiger partial charge in [-0.1, -0.05) is 23.9 Å². The second-order valence-electron chi connectivity index (χ2n) is 8.88. The highest BCUT2D eigenvalue weighted by Gasteiger charge is 2.28. The Labute approximate surface area is 209 Å². The zero-order valence-corrected chi connectivity index (χ0v) is 21.3. The number of hydrogen-bond donors (Lipinski definition) is 0. The molecule has 2 aliphatic heterocycles. The number of sulfonamides is 1. The van der Waals surface area contributed by atoms with Gasteiger partial charge in [0.05, 0.1) is 41.3 Å². The van der Waals surface area contributed by atoms with Gasteiger partial charge in [-0.25, -0.2) is 18.2 Å². The molecule has 0 amide bonds. The quantitative estimate of drug-likeness (QED) is 0.330. The number of imidazole rings is 1. The van der Waals surface area contributed by atoms with Crippen LogP contribution in [0, 0.1) is 0 Å². The summed E-state index contributed by atoms with van der Waals surface area (Å²) in [4.78, 5) is 17.0. The van der Waals surface area contributed by atoms with Crippen molar-refractivity contribution >= 4 is 38.8 Å². The molecule has 3 heterocycles. The number of benzene rings is 2. The zero-order valence-electron chi connectivity index (χ0n) is 19.7. The maximum atomic E-state index is 13.1. The average Bonchev–Trinajstić information content (AvgIpc) is 3.64. The molecule has 2 saturated heterocycles. The molecule has 35 heavy (non-hydrogen) atoms. The van der Waals surface area contributed by atoms with Gasteiger partial charge in [0, 0.05) is 25.4 Å². The molecule has 10 heteroatoms. The first-order chi connectivity index (χ1) is 17.0. The standard InChI is InChI=1S/C25H29N3O5S2/c1-32-24(29)19-7-4-6-18(14-19)17-34-25-26-22-15-21(35(30,31)27-11-2-3-12-27)9-10-23(22)28(25)16-20-8-5-13-33-20/h4,6-7,9-10,14-15,20H,2-3,5,8,11-13,16-17H2,1H3/t20-/m0/s1. The van der Waals surface area contributed by atoms with Gasteiger partial charge >= 0.3 is 5.97 Å². The molecule has 2 fully saturated rings. The minimum Gasteiger partial charge on any atom is -0.465 e. The molecule has 5 rings (SSSR count). The normalized spacial score (nSPS) is 18.9. The zero-order chi connectivity index (χ0) is 24.4. The highest BCUT2D eigenvalue weighted by atomic mass is 32.2. The van der Waals surface area contributed by atoms with Crippen molar-refractivity contribution in [2.45, 2.75) is 54.1 Å². The number of aromatic nitrogens is 2. The number of ether oxygens (including phenoxy) is 2. The molecule has 0 unspecified atom stereocenters. The molecule has 0 radical (unpaired) electrons. The minimum atomic E-state index is -3.52. The fraction of sp³-hybridized carbons (Fsp3) is 0.440. The van der Waals surface area contributed by atoms with Crippen LogP contribution >= 0.6 is 11.8 Å². The topological polar surface area (TPSA) is 90.7 Å². The summed E-state index contributed by atoms with van der Waals surface area (Å²) in [6.07, 6.45) is 3.94. The van der Waals surface area contributed by atoms with Gasteiger partial charge in [-0.3, -0.25) is 0 Å². The first kappa shape index (κ1) is 24.3. The van der Waals surface area contributed by atoms with E-state index >= 15 is 0 Å². The van der Waals surface area contributed by atoms with E-state index in [0.717, 1.165) is 48.5 Å². The van der Waals surface area contributed by atoms with E-state index in [2.05, 4.69) is 4.57 Å². The molecule has 1 aromatic heterocycles. The van der Waals surface area contributed by atoms with Crippen LogP contribution in [0.5, 0.6) is 0 Å². The average molecular weight is 516 g/mol. The van der Waals surface area contributed by atoms with Crippen molar-refractivity contribution in [2.24, 2.45) is 0 Å². The van der Waals surface area contributed by atoms with Crippen molar-refractivity contribution in [3.8, 4) is 0 Å². The van der Waals surface area contributed by atoms with E-state index in [1.165, 1.54) is 7.11 Å². The van der Waals surface area contributed by atoms with Gasteiger partial charge in [0.1, 0.15) is 0 Å². The Morgan fingerprint density at radius 1 is 1.17 bits per heavy atom. The summed E-state index contributed by atoms with van der Waals surface area (Å²) >= 11 is 1.56. The number of esters is 1. The van der Waals surface area contributed by atoms with Gasteiger partial charge in [-0.15, -0.1) is 0 Å². The van der Waals surface area contributed by atoms with E-state index < -0.39 is 10.0 Å². The third kappa shape index (κ3) is 5.11. The van der Waals surface area contributed by atoms with Crippen molar-refractivity contribution in [3.05, 3.63) is 53.6 Å². The largest absolute Gasteiger partial charge is 0.465 e. The van der Waals surface area contributed by atoms with Crippen LogP contribution in [0.3, 0.4) is 0 Å². The molecule has 186 valence electrons. The molecule has 1 atom stereocenters. The second-order valence-corrected chi connectivity index (χ2v) is 11.8. The highest BCUT2D eigenvalue weighted by molar-refractivity contribution is 7.98. The summed E-state index contributed by atoms with van der Waals surface area (Å²) in [6.45, 7) is 2.57. The van der Waals surface area contributed by atoms with Gasteiger partial charge < -0.3 is 14.0 Å². The van der Waals surface area contributed by atoms with E-state index in [9.17, 15) is 13.2 Å². The lowest BCUT2D eigenvalue weighted by molar-refractivity contribution is 0.0600. The monoisotopic (exact) mass is 515 g/mol. The highest BCUT2D eigenvalue weighted by Crippen LogP contribution is 2.31. The van der Waals surface area contributed by atoms with Crippen LogP contribution < -0.4 is 0 Å². The van der Waals surface area contributed by atoms with Gasteiger partial charge in [-0.2, -0.15) is 4.31 Å². The SMILES string of the molecule is COC(=O)c1cccc(CSc2nc3cc(S(=O)(=O)N4CCCC4)ccc3n2C[C@@H]2CCCO2)c1. The fourth-order valence-electron chi connectivity index (χ4n) is 4.66. The Morgan fingerprint density at radius 3 is 2.74 bits per heavy atom. The summed E-state index contributed by atoms with van der Waals surface area (Å²) < 4.78 is 40.6. The number of hydrogen-bond acceptors (Lipinski definition) is 7. The van der Waals surface area contributed by atoms with E-state index in [-0.39, 0.29) is 17.0 Å². The molecule has 2 aromatic carbocycles. The van der Waals surface area contributed by atoms with Crippen LogP contribution in [0.1, 0.15) is 41.6 Å². The molecular formula is C25H29N3O5S2. The molecule has 0 aliphatic carbocycles. The van der Waals surface area contributed by atoms with Crippen molar-refractivity contribution in [1.82, 2.24) is 13.9 Å². The predicted molar refractivity (Wildman–Crippen MR) is 134 cm³/mol. The summed E-state index contributed by atoms with van der Waals surface area (Å²) in [5.74, 6) is 0.243. The Bertz CT molecular complexity index is 1330. The number of methoxy groups -OCH3 is 1. The van der Waals surface area contributed by atoms with Crippen LogP contribution in [0.4, 0.5) is 0 Å². The Hall–Kier alpha value is -2.40. The molecule has 0 N–H and O–H groups in total. The third-order valence-electron chi connectivity index (χ3n) is 6.51. The van der Waals surface area contributed by atoms with Gasteiger partial charge in [0.2, 0.25) is 10.0 Å². The first-order valence-electron chi connectivity index (χ1n) is 11.9. The number of carbonyl (C=O) groups excluding carboxylic acids is 1. The van der Waals surface area contributed by atoms with Crippen molar-refractivity contribution < 1.29 is 22.7 Å². The van der Waals surface area contributed by atoms with Crippen LogP contribution in [-0.4, -0.2) is 61.2 Å². The molecule has 2 aliphatic rings. The van der Waals surface area contributed by atoms with Crippen molar-refractivity contribution in [3.63, 3.8) is 0 Å². The summed E-state index contributed by atoms with van der Waals surface area (Å²) in [5.41, 5.74) is 3.04. The summed E-state index contributed by atoms with van der Waals surface area (Å²) in [7, 11) is -2.15. The number of nitrogens with zero attached hydrogens (tertiary/aromatic N) is 3. The van der Waals surface area contributed by atoms with E-state index in [0.29, 0.717) is 36.5 Å². The number of rotatable bonds is 8. The minimum absolute atomic E-state index is 0.113. The third-order valence-corrected chi connectivity index (χ3v) is 9.46. The van der Waals surface area contributed by atoms with Crippen LogP contribution in [0.15, 0.2) is 52.5 Å². The molecule has 3 aromatic rings. The Kier molecular flexibility index (Phi) is 7.15. The number of carbonyl (C=O) groups is 1. The number of thioether (sulfide) groups is 1. The maximum absolute atomic E-state index is 13.1. The molecule has 0 bridgehead atoms. The van der Waals surface area contributed by atoms with Crippen LogP contribution in [-0.2, 0) is 31.8 Å². The van der Waals surface area contributed by atoms with Crippen molar-refractivity contribution in [1.29, 1.82) is 0 Å². The lowest BCUT2D eigenvalue weighted by Crippen LogP contribution is -2.27. The van der Waals surface area contributed by atoms with Gasteiger partial charge in [0.15, 0.2) is 5.16 Å². The number of fused-ring (bicyclic) bond motifs is 1. The molecular weight excluding hydrogens is 486 g/mol. The van der Waals surface area contributed by atoms with Crippen LogP contribution in [0.2, 0.25) is 0 Å². The van der Waals surface area contributed by atoms with E-state index in [1.807, 2.05) is 24.3 Å². The lowest BCUT2D eigenvalue weighted by atomic mass is 10.1. The Balaban J connectivity index is 1.46. The van der Waals surface area contributed by atoms with Gasteiger partial charge in [0.25, 0.3) is 0 Å². The summed E-state index contributed by atoms with van der Waals surface area (Å²) in [6, 6.07) is 12.6. The molecule has 0 saturated carbocycles. The van der Waals surface area contributed by atoms with Crippen LogP contribution in [0.25, 0.3) is 11.0 Å². The van der Waals surface area contributed by atoms with E-state index in [4.69, 9.17) is 14.5 Å². The molecule has 8 nitrogen and oxygen atoms in total. The smallest absolute Gasteiger partial charge is 0.337 e. The first-order valence-corrected chi connectivity index (χ1v) is 14.3. The maximum Gasteiger partial charge on any atom is 0.337 e. The van der Waals surface area contributed by atoms with Gasteiger partial charge in [-0.05, 0) is 61.6 Å². The second kappa shape index (κ2) is 10.3. The Morgan fingerprint density at radius 2 is 2.00 bits per heavy atom. The lowest BCUT2D eigenvalue weighted by Gasteiger charge is -2.16. The summed E-state index contributed by atoms with van der Waals surface area (Å²) in [5, 5.41) is 0.801. The molecule has 0 spiro atoms. The van der Waals surface area contributed by atoms with E-state index in [1.54, 1.807) is 34.3 Å². The van der Waals surface area contributed by atoms with Crippen molar-refractivity contribution in [2.75, 3.05) is 26.8 Å².